The molecule has 1 rings (SSSR count). The van der Waals surface area contributed by atoms with Gasteiger partial charge in [-0.3, -0.25) is 5.73 Å². The molecule has 0 spiro atoms. The van der Waals surface area contributed by atoms with Crippen LogP contribution in [0.25, 0.3) is 0 Å². The summed E-state index contributed by atoms with van der Waals surface area (Å²) in [6, 6.07) is 0. The summed E-state index contributed by atoms with van der Waals surface area (Å²) in [7, 11) is 2.73. The molecule has 0 aromatic rings. The van der Waals surface area contributed by atoms with Crippen LogP contribution in [-0.2, 0) is 28.5 Å². The van der Waals surface area contributed by atoms with Crippen LogP contribution in [0.1, 0.15) is 6.92 Å². The first kappa shape index (κ1) is 19.9. The summed E-state index contributed by atoms with van der Waals surface area (Å²) in [6.45, 7) is 1.65. The van der Waals surface area contributed by atoms with E-state index in [0.29, 0.717) is 5.57 Å². The van der Waals surface area contributed by atoms with Gasteiger partial charge in [0, 0.05) is 12.7 Å². The van der Waals surface area contributed by atoms with Gasteiger partial charge in [-0.05, 0) is 13.0 Å². The van der Waals surface area contributed by atoms with Crippen molar-refractivity contribution in [1.29, 1.82) is 0 Å². The summed E-state index contributed by atoms with van der Waals surface area (Å²) in [6.07, 6.45) is 0.00414. The minimum absolute atomic E-state index is 0.0393. The summed E-state index contributed by atoms with van der Waals surface area (Å²) in [5.41, 5.74) is 6.13. The fourth-order valence-corrected chi connectivity index (χ4v) is 1.99. The van der Waals surface area contributed by atoms with Crippen molar-refractivity contribution in [3.63, 3.8) is 0 Å². The van der Waals surface area contributed by atoms with Crippen LogP contribution in [0.4, 0.5) is 0 Å². The average molecular weight is 379 g/mol. The molecule has 7 nitrogen and oxygen atoms in total. The first-order valence-electron chi connectivity index (χ1n) is 6.19. The first-order chi connectivity index (χ1) is 10.1. The molecule has 10 heteroatoms. The molecule has 0 aromatic carbocycles. The van der Waals surface area contributed by atoms with Gasteiger partial charge < -0.3 is 23.7 Å². The Kier molecular flexibility index (Phi) is 7.35. The zero-order chi connectivity index (χ0) is 17.0. The van der Waals surface area contributed by atoms with Gasteiger partial charge in [0.25, 0.3) is 9.70 Å². The van der Waals surface area contributed by atoms with Crippen molar-refractivity contribution >= 4 is 40.8 Å². The highest BCUT2D eigenvalue weighted by molar-refractivity contribution is 6.68. The maximum absolute atomic E-state index is 11.5. The van der Waals surface area contributed by atoms with E-state index >= 15 is 0 Å². The molecular weight excluding hydrogens is 360 g/mol. The van der Waals surface area contributed by atoms with E-state index < -0.39 is 27.9 Å². The van der Waals surface area contributed by atoms with Gasteiger partial charge in [0.15, 0.2) is 0 Å². The van der Waals surface area contributed by atoms with Gasteiger partial charge in [0.05, 0.1) is 13.7 Å². The Balaban J connectivity index is 2.92. The number of ether oxygens (including phenoxy) is 5. The smallest absolute Gasteiger partial charge is 0.333 e. The fraction of sp³-hybridized carbons (Fsp3) is 0.750. The Morgan fingerprint density at radius 2 is 2.00 bits per heavy atom. The number of carbonyl (C=O) groups is 1. The van der Waals surface area contributed by atoms with Crippen LogP contribution in [0.3, 0.4) is 0 Å². The molecule has 1 saturated heterocycles. The van der Waals surface area contributed by atoms with E-state index in [4.69, 9.17) is 59.5 Å². The van der Waals surface area contributed by atoms with E-state index in [1.807, 2.05) is 0 Å². The van der Waals surface area contributed by atoms with Gasteiger partial charge in [-0.2, -0.15) is 0 Å². The number of hydrogen-bond acceptors (Lipinski definition) is 7. The van der Waals surface area contributed by atoms with Crippen LogP contribution in [0, 0.1) is 0 Å². The molecule has 0 radical (unpaired) electrons. The molecule has 1 heterocycles. The highest BCUT2D eigenvalue weighted by Crippen LogP contribution is 2.44. The quantitative estimate of drug-likeness (QED) is 0.246. The van der Waals surface area contributed by atoms with E-state index in [1.54, 1.807) is 6.92 Å². The fourth-order valence-electron chi connectivity index (χ4n) is 1.72. The number of halogens is 3. The Morgan fingerprint density at radius 1 is 1.36 bits per heavy atom. The number of methoxy groups -OCH3 is 2. The molecular formula is C12H18Cl3NO6. The SMILES string of the molecule is COCOC[C@@H]1OC(N)(C(Cl)(Cl)Cl)O[C@@H]1/C=C(\C)C(=O)OC. The second kappa shape index (κ2) is 8.12. The molecule has 0 bridgehead atoms. The van der Waals surface area contributed by atoms with Crippen molar-refractivity contribution in [2.24, 2.45) is 5.73 Å². The molecule has 0 saturated carbocycles. The maximum atomic E-state index is 11.5. The van der Waals surface area contributed by atoms with Crippen molar-refractivity contribution in [1.82, 2.24) is 0 Å². The number of rotatable bonds is 6. The number of carbonyl (C=O) groups excluding carboxylic acids is 1. The Hall–Kier alpha value is -0.120. The predicted octanol–water partition coefficient (Wildman–Crippen LogP) is 1.49. The van der Waals surface area contributed by atoms with Crippen LogP contribution < -0.4 is 5.73 Å². The average Bonchev–Trinajstić information content (AvgIpc) is 2.75. The number of esters is 1. The largest absolute Gasteiger partial charge is 0.466 e. The van der Waals surface area contributed by atoms with Crippen LogP contribution >= 0.6 is 34.8 Å². The Bertz CT molecular complexity index is 428. The van der Waals surface area contributed by atoms with E-state index in [-0.39, 0.29) is 13.4 Å². The van der Waals surface area contributed by atoms with Crippen molar-refractivity contribution in [3.05, 3.63) is 11.6 Å². The van der Waals surface area contributed by atoms with Crippen molar-refractivity contribution in [3.8, 4) is 0 Å². The molecule has 22 heavy (non-hydrogen) atoms. The first-order valence-corrected chi connectivity index (χ1v) is 7.32. The minimum Gasteiger partial charge on any atom is -0.466 e. The molecule has 1 unspecified atom stereocenters. The Morgan fingerprint density at radius 3 is 2.50 bits per heavy atom. The number of hydrogen-bond donors (Lipinski definition) is 1. The van der Waals surface area contributed by atoms with Crippen LogP contribution in [0.2, 0.25) is 0 Å². The van der Waals surface area contributed by atoms with Gasteiger partial charge in [-0.1, -0.05) is 34.8 Å². The van der Waals surface area contributed by atoms with E-state index in [2.05, 4.69) is 4.74 Å². The molecule has 0 aliphatic carbocycles. The van der Waals surface area contributed by atoms with Crippen LogP contribution in [-0.4, -0.2) is 55.5 Å². The van der Waals surface area contributed by atoms with Gasteiger partial charge in [0.1, 0.15) is 19.0 Å². The van der Waals surface area contributed by atoms with Gasteiger partial charge in [-0.15, -0.1) is 0 Å². The maximum Gasteiger partial charge on any atom is 0.333 e. The topological polar surface area (TPSA) is 89.2 Å². The summed E-state index contributed by atoms with van der Waals surface area (Å²) >= 11 is 17.3. The van der Waals surface area contributed by atoms with Gasteiger partial charge in [-0.25, -0.2) is 4.79 Å². The number of alkyl halides is 3. The highest BCUT2D eigenvalue weighted by Gasteiger charge is 2.57. The van der Waals surface area contributed by atoms with Gasteiger partial charge >= 0.3 is 5.97 Å². The molecule has 0 aromatic heterocycles. The lowest BCUT2D eigenvalue weighted by Gasteiger charge is -2.29. The molecule has 0 amide bonds. The highest BCUT2D eigenvalue weighted by atomic mass is 35.6. The summed E-state index contributed by atoms with van der Waals surface area (Å²) in [5, 5.41) is 0. The summed E-state index contributed by atoms with van der Waals surface area (Å²) in [5.74, 6) is -2.50. The Labute approximate surface area is 143 Å². The third kappa shape index (κ3) is 4.94. The summed E-state index contributed by atoms with van der Waals surface area (Å²) < 4.78 is 23.5. The third-order valence-corrected chi connectivity index (χ3v) is 3.59. The minimum atomic E-state index is -2.03. The lowest BCUT2D eigenvalue weighted by atomic mass is 10.1. The van der Waals surface area contributed by atoms with Crippen LogP contribution in [0.15, 0.2) is 11.6 Å². The van der Waals surface area contributed by atoms with E-state index in [9.17, 15) is 4.79 Å². The molecule has 1 aliphatic heterocycles. The normalized spacial score (nSPS) is 29.7. The zero-order valence-corrected chi connectivity index (χ0v) is 14.6. The zero-order valence-electron chi connectivity index (χ0n) is 12.3. The molecule has 2 N–H and O–H groups in total. The number of nitrogens with two attached hydrogens (primary N) is 1. The second-order valence-electron chi connectivity index (χ2n) is 4.52. The van der Waals surface area contributed by atoms with Gasteiger partial charge in [0.2, 0.25) is 0 Å². The molecule has 3 atom stereocenters. The lowest BCUT2D eigenvalue weighted by Crippen LogP contribution is -2.53. The molecule has 1 fully saturated rings. The predicted molar refractivity (Wildman–Crippen MR) is 80.6 cm³/mol. The second-order valence-corrected chi connectivity index (χ2v) is 6.80. The van der Waals surface area contributed by atoms with Crippen molar-refractivity contribution in [2.75, 3.05) is 27.6 Å². The standard InChI is InChI=1S/C12H18Cl3NO6/c1-7(10(17)19-3)4-8-9(5-20-6-18-2)22-12(16,21-8)11(13,14)15/h4,8-9H,5-6,16H2,1-3H3/b7-4+/t8-,9+,12?/m1/s1. The molecule has 1 aliphatic rings. The van der Waals surface area contributed by atoms with Crippen molar-refractivity contribution in [2.45, 2.75) is 28.8 Å². The third-order valence-electron chi connectivity index (χ3n) is 2.80. The van der Waals surface area contributed by atoms with E-state index in [0.717, 1.165) is 0 Å². The van der Waals surface area contributed by atoms with E-state index in [1.165, 1.54) is 20.3 Å². The van der Waals surface area contributed by atoms with Crippen molar-refractivity contribution < 1.29 is 28.5 Å². The monoisotopic (exact) mass is 377 g/mol. The van der Waals surface area contributed by atoms with Crippen LogP contribution in [0.5, 0.6) is 0 Å². The molecule has 128 valence electrons. The summed E-state index contributed by atoms with van der Waals surface area (Å²) in [4.78, 5) is 11.5. The lowest BCUT2D eigenvalue weighted by molar-refractivity contribution is -0.172.